The fourth-order valence-corrected chi connectivity index (χ4v) is 4.00. The molecule has 2 aliphatic rings. The first-order valence-corrected chi connectivity index (χ1v) is 10.6. The maximum absolute atomic E-state index is 12.9. The number of carbonyl (C=O) groups is 2. The Morgan fingerprint density at radius 1 is 1.12 bits per heavy atom. The molecule has 1 fully saturated rings. The number of nitriles is 1. The number of esters is 1. The second-order valence-electron chi connectivity index (χ2n) is 7.58. The zero-order valence-corrected chi connectivity index (χ0v) is 17.8. The second kappa shape index (κ2) is 9.71. The van der Waals surface area contributed by atoms with Gasteiger partial charge in [-0.2, -0.15) is 5.26 Å². The Morgan fingerprint density at radius 3 is 2.62 bits per heavy atom. The molecule has 2 aromatic carbocycles. The van der Waals surface area contributed by atoms with Crippen LogP contribution in [0.15, 0.2) is 72.2 Å². The fourth-order valence-electron chi connectivity index (χ4n) is 3.83. The van der Waals surface area contributed by atoms with Crippen molar-refractivity contribution in [2.24, 2.45) is 5.92 Å². The van der Waals surface area contributed by atoms with Crippen molar-refractivity contribution >= 4 is 29.4 Å². The average molecular weight is 450 g/mol. The van der Waals surface area contributed by atoms with Crippen LogP contribution in [0.5, 0.6) is 5.75 Å². The van der Waals surface area contributed by atoms with Crippen molar-refractivity contribution in [3.63, 3.8) is 0 Å². The Balaban J connectivity index is 1.39. The molecule has 162 valence electrons. The lowest BCUT2D eigenvalue weighted by Crippen LogP contribution is -2.43. The van der Waals surface area contributed by atoms with Gasteiger partial charge in [0.05, 0.1) is 10.9 Å². The Bertz CT molecular complexity index is 1120. The molecule has 7 heteroatoms. The van der Waals surface area contributed by atoms with Crippen LogP contribution < -0.4 is 4.74 Å². The van der Waals surface area contributed by atoms with Gasteiger partial charge < -0.3 is 14.2 Å². The lowest BCUT2D eigenvalue weighted by Gasteiger charge is -2.36. The van der Waals surface area contributed by atoms with Crippen LogP contribution in [0, 0.1) is 17.2 Å². The SMILES string of the molecule is N#C/C(=C\c1ccccc1)C(=O)OC1CCC2C(=O)C(Oc3ccccc3Cl)=COC2C1. The van der Waals surface area contributed by atoms with E-state index < -0.39 is 18.2 Å². The van der Waals surface area contributed by atoms with Gasteiger partial charge >= 0.3 is 5.97 Å². The molecule has 3 atom stereocenters. The zero-order valence-electron chi connectivity index (χ0n) is 17.1. The summed E-state index contributed by atoms with van der Waals surface area (Å²) in [6.45, 7) is 0. The number of para-hydroxylation sites is 1. The summed E-state index contributed by atoms with van der Waals surface area (Å²) < 4.78 is 17.0. The van der Waals surface area contributed by atoms with Crippen molar-refractivity contribution in [1.29, 1.82) is 5.26 Å². The van der Waals surface area contributed by atoms with Gasteiger partial charge in [-0.15, -0.1) is 0 Å². The molecule has 2 aromatic rings. The second-order valence-corrected chi connectivity index (χ2v) is 7.99. The van der Waals surface area contributed by atoms with Crippen molar-refractivity contribution in [3.05, 3.63) is 82.8 Å². The number of halogens is 1. The van der Waals surface area contributed by atoms with Gasteiger partial charge in [0.1, 0.15) is 35.9 Å². The number of rotatable bonds is 5. The minimum atomic E-state index is -0.680. The summed E-state index contributed by atoms with van der Waals surface area (Å²) >= 11 is 6.10. The van der Waals surface area contributed by atoms with E-state index in [2.05, 4.69) is 0 Å². The molecule has 0 aromatic heterocycles. The minimum absolute atomic E-state index is 0.0747. The number of Topliss-reactive ketones (excluding diaryl/α,β-unsaturated/α-hetero) is 1. The number of benzene rings is 2. The summed E-state index contributed by atoms with van der Waals surface area (Å²) in [6.07, 6.45) is 3.27. The number of ether oxygens (including phenoxy) is 3. The largest absolute Gasteiger partial charge is 0.493 e. The number of allylic oxidation sites excluding steroid dienone is 1. The highest BCUT2D eigenvalue weighted by molar-refractivity contribution is 6.32. The van der Waals surface area contributed by atoms with E-state index in [1.54, 1.807) is 36.4 Å². The van der Waals surface area contributed by atoms with Crippen LogP contribution in [-0.4, -0.2) is 24.0 Å². The highest BCUT2D eigenvalue weighted by atomic mass is 35.5. The lowest BCUT2D eigenvalue weighted by molar-refractivity contribution is -0.150. The molecule has 0 amide bonds. The minimum Gasteiger partial charge on any atom is -0.493 e. The first kappa shape index (κ1) is 21.7. The smallest absolute Gasteiger partial charge is 0.349 e. The monoisotopic (exact) mass is 449 g/mol. The van der Waals surface area contributed by atoms with E-state index in [1.165, 1.54) is 12.3 Å². The van der Waals surface area contributed by atoms with Crippen LogP contribution in [0.1, 0.15) is 24.8 Å². The Kier molecular flexibility index (Phi) is 6.58. The van der Waals surface area contributed by atoms with Gasteiger partial charge in [-0.05, 0) is 36.6 Å². The van der Waals surface area contributed by atoms with Gasteiger partial charge in [0.2, 0.25) is 11.5 Å². The number of hydrogen-bond donors (Lipinski definition) is 0. The van der Waals surface area contributed by atoms with E-state index in [0.717, 1.165) is 5.56 Å². The molecule has 3 unspecified atom stereocenters. The summed E-state index contributed by atoms with van der Waals surface area (Å²) in [6, 6.07) is 17.9. The topological polar surface area (TPSA) is 85.6 Å². The predicted molar refractivity (Wildman–Crippen MR) is 117 cm³/mol. The molecule has 32 heavy (non-hydrogen) atoms. The molecule has 0 bridgehead atoms. The standard InChI is InChI=1S/C25H20ClNO5/c26-20-8-4-5-9-21(20)32-23-15-30-22-13-18(10-11-19(22)24(23)28)31-25(29)17(14-27)12-16-6-2-1-3-7-16/h1-9,12,15,18-19,22H,10-11,13H2/b17-12+. The van der Waals surface area contributed by atoms with Gasteiger partial charge in [-0.3, -0.25) is 4.79 Å². The average Bonchev–Trinajstić information content (AvgIpc) is 2.81. The number of ketones is 1. The van der Waals surface area contributed by atoms with Crippen LogP contribution in [0.25, 0.3) is 6.08 Å². The Hall–Kier alpha value is -3.56. The van der Waals surface area contributed by atoms with Crippen LogP contribution in [0.3, 0.4) is 0 Å². The fraction of sp³-hybridized carbons (Fsp3) is 0.240. The van der Waals surface area contributed by atoms with Gasteiger partial charge in [-0.1, -0.05) is 54.1 Å². The Labute approximate surface area is 190 Å². The molecule has 0 N–H and O–H groups in total. The van der Waals surface area contributed by atoms with Crippen LogP contribution in [0.4, 0.5) is 0 Å². The van der Waals surface area contributed by atoms with Gasteiger partial charge in [-0.25, -0.2) is 4.79 Å². The first-order chi connectivity index (χ1) is 15.5. The number of carbonyl (C=O) groups excluding carboxylic acids is 2. The molecule has 0 saturated heterocycles. The first-order valence-electron chi connectivity index (χ1n) is 10.2. The summed E-state index contributed by atoms with van der Waals surface area (Å²) in [4.78, 5) is 25.4. The van der Waals surface area contributed by atoms with Gasteiger partial charge in [0.15, 0.2) is 0 Å². The molecule has 1 saturated carbocycles. The number of nitrogens with zero attached hydrogens (tertiary/aromatic N) is 1. The third-order valence-electron chi connectivity index (χ3n) is 5.45. The summed E-state index contributed by atoms with van der Waals surface area (Å²) in [7, 11) is 0. The normalized spacial score (nSPS) is 22.6. The van der Waals surface area contributed by atoms with Crippen LogP contribution in [0.2, 0.25) is 5.02 Å². The predicted octanol–water partition coefficient (Wildman–Crippen LogP) is 4.85. The van der Waals surface area contributed by atoms with Crippen molar-refractivity contribution < 1.29 is 23.8 Å². The molecule has 4 rings (SSSR count). The van der Waals surface area contributed by atoms with Gasteiger partial charge in [0, 0.05) is 6.42 Å². The summed E-state index contributed by atoms with van der Waals surface area (Å²) in [5.74, 6) is -0.740. The van der Waals surface area contributed by atoms with E-state index in [9.17, 15) is 14.9 Å². The van der Waals surface area contributed by atoms with Crippen molar-refractivity contribution in [2.75, 3.05) is 0 Å². The summed E-state index contributed by atoms with van der Waals surface area (Å²) in [5.41, 5.74) is 0.663. The molecular weight excluding hydrogens is 430 g/mol. The van der Waals surface area contributed by atoms with Gasteiger partial charge in [0.25, 0.3) is 0 Å². The van der Waals surface area contributed by atoms with E-state index in [4.69, 9.17) is 25.8 Å². The number of fused-ring (bicyclic) bond motifs is 1. The lowest BCUT2D eigenvalue weighted by atomic mass is 9.80. The maximum Gasteiger partial charge on any atom is 0.349 e. The highest BCUT2D eigenvalue weighted by Gasteiger charge is 2.42. The highest BCUT2D eigenvalue weighted by Crippen LogP contribution is 2.36. The molecular formula is C25H20ClNO5. The van der Waals surface area contributed by atoms with Crippen LogP contribution >= 0.6 is 11.6 Å². The third kappa shape index (κ3) is 4.84. The van der Waals surface area contributed by atoms with Crippen molar-refractivity contribution in [2.45, 2.75) is 31.5 Å². The zero-order chi connectivity index (χ0) is 22.5. The summed E-state index contributed by atoms with van der Waals surface area (Å²) in [5, 5.41) is 9.76. The molecule has 0 spiro atoms. The molecule has 0 radical (unpaired) electrons. The van der Waals surface area contributed by atoms with Crippen molar-refractivity contribution in [3.8, 4) is 11.8 Å². The van der Waals surface area contributed by atoms with Crippen LogP contribution in [-0.2, 0) is 19.1 Å². The Morgan fingerprint density at radius 2 is 1.88 bits per heavy atom. The van der Waals surface area contributed by atoms with E-state index in [0.29, 0.717) is 30.0 Å². The van der Waals surface area contributed by atoms with E-state index >= 15 is 0 Å². The maximum atomic E-state index is 12.9. The molecule has 1 aliphatic heterocycles. The molecule has 1 heterocycles. The molecule has 6 nitrogen and oxygen atoms in total. The quantitative estimate of drug-likeness (QED) is 0.368. The van der Waals surface area contributed by atoms with Crippen molar-refractivity contribution in [1.82, 2.24) is 0 Å². The molecule has 1 aliphatic carbocycles. The van der Waals surface area contributed by atoms with E-state index in [-0.39, 0.29) is 23.0 Å². The number of hydrogen-bond acceptors (Lipinski definition) is 6. The third-order valence-corrected chi connectivity index (χ3v) is 5.77. The van der Waals surface area contributed by atoms with E-state index in [1.807, 2.05) is 24.3 Å².